The molecule has 1 aromatic carbocycles. The van der Waals surface area contributed by atoms with Crippen molar-refractivity contribution in [2.24, 2.45) is 5.73 Å². The lowest BCUT2D eigenvalue weighted by Crippen LogP contribution is -2.62. The lowest BCUT2D eigenvalue weighted by Gasteiger charge is -2.44. The summed E-state index contributed by atoms with van der Waals surface area (Å²) in [7, 11) is -1.54. The third-order valence-corrected chi connectivity index (χ3v) is 5.24. The average molecular weight is 393 g/mol. The van der Waals surface area contributed by atoms with Crippen molar-refractivity contribution in [1.82, 2.24) is 10.2 Å². The monoisotopic (exact) mass is 393 g/mol. The lowest BCUT2D eigenvalue weighted by atomic mass is 9.82. The average Bonchev–Trinajstić information content (AvgIpc) is 3.05. The molecule has 2 heterocycles. The molecule has 2 aliphatic heterocycles. The highest BCUT2D eigenvalue weighted by Gasteiger charge is 2.42. The van der Waals surface area contributed by atoms with Crippen molar-refractivity contribution >= 4 is 19.0 Å². The minimum atomic E-state index is -1.54. The van der Waals surface area contributed by atoms with Crippen LogP contribution in [0.25, 0.3) is 0 Å². The van der Waals surface area contributed by atoms with Crippen LogP contribution < -0.4 is 15.8 Å². The number of hydrogen-bond donors (Lipinski definition) is 6. The van der Waals surface area contributed by atoms with E-state index in [2.05, 4.69) is 10.2 Å². The number of primary amides is 1. The van der Waals surface area contributed by atoms with Crippen molar-refractivity contribution in [1.29, 1.82) is 0 Å². The summed E-state index contributed by atoms with van der Waals surface area (Å²) in [5.41, 5.74) is 5.36. The number of ether oxygens (including phenoxy) is 1. The molecule has 3 rings (SSSR count). The fraction of sp³-hybridized carbons (Fsp3) is 0.529. The van der Waals surface area contributed by atoms with Crippen LogP contribution >= 0.6 is 0 Å². The normalized spacial score (nSPS) is 22.6. The van der Waals surface area contributed by atoms with Crippen LogP contribution in [0.2, 0.25) is 6.32 Å². The molecule has 0 unspecified atom stereocenters. The molecule has 2 aliphatic rings. The number of amides is 1. The first-order valence-electron chi connectivity index (χ1n) is 9.15. The van der Waals surface area contributed by atoms with Crippen molar-refractivity contribution in [2.75, 3.05) is 19.6 Å². The van der Waals surface area contributed by atoms with E-state index in [0.717, 1.165) is 6.42 Å². The highest BCUT2D eigenvalue weighted by molar-refractivity contribution is 6.41. The van der Waals surface area contributed by atoms with Crippen molar-refractivity contribution in [3.63, 3.8) is 0 Å². The number of carboxylic acids is 1. The number of benzene rings is 1. The summed E-state index contributed by atoms with van der Waals surface area (Å²) in [6.07, 6.45) is 0.620. The molecule has 0 saturated carbocycles. The van der Waals surface area contributed by atoms with Crippen LogP contribution in [0.15, 0.2) is 12.1 Å². The fourth-order valence-electron chi connectivity index (χ4n) is 3.77. The Morgan fingerprint density at radius 1 is 1.32 bits per heavy atom. The van der Waals surface area contributed by atoms with Crippen molar-refractivity contribution in [2.45, 2.75) is 37.3 Å². The van der Waals surface area contributed by atoms with Gasteiger partial charge in [-0.05, 0) is 37.3 Å². The third kappa shape index (κ3) is 4.22. The van der Waals surface area contributed by atoms with Gasteiger partial charge in [0.15, 0.2) is 0 Å². The number of nitrogens with two attached hydrogens (primary N) is 1. The van der Waals surface area contributed by atoms with E-state index in [1.807, 2.05) is 0 Å². The summed E-state index contributed by atoms with van der Waals surface area (Å²) in [6.45, 7) is 1.75. The molecule has 0 radical (unpaired) electrons. The molecule has 2 fully saturated rings. The summed E-state index contributed by atoms with van der Waals surface area (Å²) in [5, 5.41) is 40.7. The predicted octanol–water partition coefficient (Wildman–Crippen LogP) is -1.62. The maximum absolute atomic E-state index is 11.6. The van der Waals surface area contributed by atoms with E-state index in [4.69, 9.17) is 20.5 Å². The van der Waals surface area contributed by atoms with Gasteiger partial charge >= 0.3 is 13.1 Å². The Bertz CT molecular complexity index is 755. The summed E-state index contributed by atoms with van der Waals surface area (Å²) >= 11 is 0. The highest BCUT2D eigenvalue weighted by atomic mass is 16.5. The van der Waals surface area contributed by atoms with E-state index in [1.165, 1.54) is 12.1 Å². The topological polar surface area (TPSA) is 166 Å². The van der Waals surface area contributed by atoms with E-state index >= 15 is 0 Å². The van der Waals surface area contributed by atoms with E-state index < -0.39 is 30.8 Å². The number of hydrogen-bond acceptors (Lipinski definition) is 8. The second-order valence-electron chi connectivity index (χ2n) is 7.15. The number of carboxylic acid groups (broad SMARTS) is 1. The zero-order valence-electron chi connectivity index (χ0n) is 15.2. The van der Waals surface area contributed by atoms with Gasteiger partial charge in [0.1, 0.15) is 29.2 Å². The SMILES string of the molecule is NC(=O)[C@H]1NCC[C@@H]1N1CC(Oc2ccc(CCB(O)O)c(O)c2C(=O)O)C1. The van der Waals surface area contributed by atoms with Crippen LogP contribution in [0.5, 0.6) is 11.5 Å². The Hall–Kier alpha value is -2.34. The first kappa shape index (κ1) is 20.4. The van der Waals surface area contributed by atoms with E-state index in [9.17, 15) is 19.8 Å². The number of carbonyl (C=O) groups is 2. The minimum Gasteiger partial charge on any atom is -0.507 e. The van der Waals surface area contributed by atoms with Crippen LogP contribution in [0, 0.1) is 0 Å². The first-order valence-corrected chi connectivity index (χ1v) is 9.15. The van der Waals surface area contributed by atoms with Crippen molar-refractivity contribution in [3.8, 4) is 11.5 Å². The zero-order chi connectivity index (χ0) is 20.4. The van der Waals surface area contributed by atoms with Crippen LogP contribution in [0.3, 0.4) is 0 Å². The van der Waals surface area contributed by atoms with Crippen molar-refractivity contribution in [3.05, 3.63) is 23.3 Å². The molecule has 1 amide bonds. The van der Waals surface area contributed by atoms with Gasteiger partial charge < -0.3 is 36.0 Å². The Morgan fingerprint density at radius 3 is 2.64 bits per heavy atom. The van der Waals surface area contributed by atoms with Crippen LogP contribution in [-0.2, 0) is 11.2 Å². The van der Waals surface area contributed by atoms with E-state index in [1.54, 1.807) is 0 Å². The standard InChI is InChI=1S/C17H24BN3O7/c19-16(23)14-11(4-6-20-14)21-7-10(8-21)28-12-2-1-9(3-5-18(26)27)15(22)13(12)17(24)25/h1-2,10-11,14,20,22,26-27H,3-8H2,(H2,19,23)(H,24,25)/t11-,14-/m0/s1. The van der Waals surface area contributed by atoms with Crippen LogP contribution in [-0.4, -0.2) is 82.0 Å². The number of aromatic carboxylic acids is 1. The third-order valence-electron chi connectivity index (χ3n) is 5.24. The van der Waals surface area contributed by atoms with Crippen molar-refractivity contribution < 1.29 is 34.6 Å². The Labute approximate surface area is 162 Å². The second-order valence-corrected chi connectivity index (χ2v) is 7.15. The number of nitrogens with one attached hydrogen (secondary N) is 1. The number of aryl methyl sites for hydroxylation is 1. The van der Waals surface area contributed by atoms with Gasteiger partial charge in [-0.15, -0.1) is 0 Å². The van der Waals surface area contributed by atoms with E-state index in [0.29, 0.717) is 25.2 Å². The van der Waals surface area contributed by atoms with Gasteiger partial charge in [-0.2, -0.15) is 0 Å². The van der Waals surface area contributed by atoms with Gasteiger partial charge in [0.25, 0.3) is 0 Å². The zero-order valence-corrected chi connectivity index (χ0v) is 15.2. The summed E-state index contributed by atoms with van der Waals surface area (Å²) in [5.74, 6) is -2.10. The predicted molar refractivity (Wildman–Crippen MR) is 99.1 cm³/mol. The lowest BCUT2D eigenvalue weighted by molar-refractivity contribution is -0.122. The number of carbonyl (C=O) groups excluding carboxylic acids is 1. The molecule has 152 valence electrons. The molecular formula is C17H24BN3O7. The number of phenols is 1. The molecule has 0 bridgehead atoms. The molecule has 1 aromatic rings. The smallest absolute Gasteiger partial charge is 0.451 e. The van der Waals surface area contributed by atoms with Gasteiger partial charge in [0.2, 0.25) is 5.91 Å². The van der Waals surface area contributed by atoms with Gasteiger partial charge in [-0.25, -0.2) is 4.79 Å². The molecule has 0 aromatic heterocycles. The number of aromatic hydroxyl groups is 1. The molecule has 10 nitrogen and oxygen atoms in total. The molecule has 0 spiro atoms. The number of rotatable bonds is 8. The van der Waals surface area contributed by atoms with Gasteiger partial charge in [0, 0.05) is 19.1 Å². The van der Waals surface area contributed by atoms with Gasteiger partial charge in [-0.3, -0.25) is 9.69 Å². The van der Waals surface area contributed by atoms with Gasteiger partial charge in [-0.1, -0.05) is 6.07 Å². The maximum atomic E-state index is 11.6. The molecule has 11 heteroatoms. The van der Waals surface area contributed by atoms with E-state index in [-0.39, 0.29) is 36.2 Å². The largest absolute Gasteiger partial charge is 0.507 e. The molecule has 2 saturated heterocycles. The van der Waals surface area contributed by atoms with Crippen LogP contribution in [0.4, 0.5) is 0 Å². The Morgan fingerprint density at radius 2 is 2.04 bits per heavy atom. The first-order chi connectivity index (χ1) is 13.3. The quantitative estimate of drug-likeness (QED) is 0.285. The molecule has 28 heavy (non-hydrogen) atoms. The summed E-state index contributed by atoms with van der Waals surface area (Å²) in [6, 6.07) is 2.58. The summed E-state index contributed by atoms with van der Waals surface area (Å²) < 4.78 is 5.77. The molecule has 7 N–H and O–H groups in total. The summed E-state index contributed by atoms with van der Waals surface area (Å²) in [4.78, 5) is 25.2. The van der Waals surface area contributed by atoms with Crippen LogP contribution in [0.1, 0.15) is 22.3 Å². The minimum absolute atomic E-state index is 0.00279. The number of nitrogens with zero attached hydrogens (tertiary/aromatic N) is 1. The molecule has 2 atom stereocenters. The second kappa shape index (κ2) is 8.35. The Balaban J connectivity index is 1.66. The fourth-order valence-corrected chi connectivity index (χ4v) is 3.77. The number of likely N-dealkylation sites (tertiary alicyclic amines) is 1. The molecular weight excluding hydrogens is 369 g/mol. The van der Waals surface area contributed by atoms with Gasteiger partial charge in [0.05, 0.1) is 0 Å². The highest BCUT2D eigenvalue weighted by Crippen LogP contribution is 2.34. The maximum Gasteiger partial charge on any atom is 0.451 e. The Kier molecular flexibility index (Phi) is 6.09. The molecule has 0 aliphatic carbocycles.